The lowest BCUT2D eigenvalue weighted by atomic mass is 10.0. The Kier molecular flexibility index (Phi) is 4.38. The Labute approximate surface area is 156 Å². The molecule has 0 saturated carbocycles. The van der Waals surface area contributed by atoms with Crippen LogP contribution in [-0.2, 0) is 0 Å². The van der Waals surface area contributed by atoms with Crippen molar-refractivity contribution >= 4 is 22.6 Å². The number of pyridine rings is 2. The Morgan fingerprint density at radius 3 is 2.59 bits per heavy atom. The Morgan fingerprint density at radius 2 is 1.85 bits per heavy atom. The lowest BCUT2D eigenvalue weighted by Gasteiger charge is -2.09. The molecule has 0 spiro atoms. The van der Waals surface area contributed by atoms with Gasteiger partial charge in [0.1, 0.15) is 0 Å². The summed E-state index contributed by atoms with van der Waals surface area (Å²) in [5.41, 5.74) is 3.93. The van der Waals surface area contributed by atoms with Crippen LogP contribution in [0.15, 0.2) is 60.9 Å². The second kappa shape index (κ2) is 6.99. The first-order valence-electron chi connectivity index (χ1n) is 8.78. The van der Waals surface area contributed by atoms with Gasteiger partial charge >= 0.3 is 0 Å². The molecule has 0 unspecified atom stereocenters. The van der Waals surface area contributed by atoms with Gasteiger partial charge in [-0.2, -0.15) is 5.10 Å². The third-order valence-corrected chi connectivity index (χ3v) is 4.40. The highest BCUT2D eigenvalue weighted by Gasteiger charge is 2.15. The molecule has 0 aliphatic carbocycles. The molecule has 27 heavy (non-hydrogen) atoms. The molecule has 3 aromatic heterocycles. The third kappa shape index (κ3) is 3.42. The van der Waals surface area contributed by atoms with Crippen molar-refractivity contribution in [3.8, 4) is 11.3 Å². The number of nitrogens with zero attached hydrogens (tertiary/aromatic N) is 3. The molecule has 0 bridgehead atoms. The molecule has 0 aliphatic heterocycles. The van der Waals surface area contributed by atoms with E-state index in [0.29, 0.717) is 17.3 Å². The van der Waals surface area contributed by atoms with Crippen LogP contribution < -0.4 is 5.32 Å². The van der Waals surface area contributed by atoms with Crippen LogP contribution in [0.25, 0.3) is 22.2 Å². The highest BCUT2D eigenvalue weighted by molar-refractivity contribution is 6.12. The largest absolute Gasteiger partial charge is 0.305 e. The van der Waals surface area contributed by atoms with E-state index in [1.165, 1.54) is 0 Å². The average Bonchev–Trinajstić information content (AvgIpc) is 3.16. The van der Waals surface area contributed by atoms with E-state index in [4.69, 9.17) is 4.98 Å². The van der Waals surface area contributed by atoms with Crippen molar-refractivity contribution in [3.05, 3.63) is 72.2 Å². The Balaban J connectivity index is 1.76. The van der Waals surface area contributed by atoms with Crippen LogP contribution in [0.3, 0.4) is 0 Å². The van der Waals surface area contributed by atoms with Crippen LogP contribution in [0.5, 0.6) is 0 Å². The van der Waals surface area contributed by atoms with Gasteiger partial charge in [0.25, 0.3) is 5.91 Å². The molecular formula is C21H19N5O. The molecule has 0 radical (unpaired) electrons. The van der Waals surface area contributed by atoms with Crippen molar-refractivity contribution in [2.24, 2.45) is 0 Å². The lowest BCUT2D eigenvalue weighted by Crippen LogP contribution is -2.13. The number of hydrogen-bond acceptors (Lipinski definition) is 4. The van der Waals surface area contributed by atoms with E-state index in [1.807, 2.05) is 48.5 Å². The van der Waals surface area contributed by atoms with Gasteiger partial charge in [-0.05, 0) is 30.2 Å². The highest BCUT2D eigenvalue weighted by Crippen LogP contribution is 2.25. The van der Waals surface area contributed by atoms with Crippen LogP contribution >= 0.6 is 0 Å². The predicted octanol–water partition coefficient (Wildman–Crippen LogP) is 4.40. The molecule has 4 aromatic rings. The first-order valence-corrected chi connectivity index (χ1v) is 8.78. The number of H-pyrrole nitrogens is 1. The molecule has 0 fully saturated rings. The molecule has 0 saturated heterocycles. The first-order chi connectivity index (χ1) is 13.1. The maximum Gasteiger partial charge on any atom is 0.257 e. The van der Waals surface area contributed by atoms with Crippen LogP contribution in [0, 0.1) is 0 Å². The number of carbonyl (C=O) groups is 1. The monoisotopic (exact) mass is 357 g/mol. The number of amides is 1. The molecule has 134 valence electrons. The number of aromatic nitrogens is 4. The number of hydrogen-bond donors (Lipinski definition) is 2. The summed E-state index contributed by atoms with van der Waals surface area (Å²) >= 11 is 0. The fourth-order valence-electron chi connectivity index (χ4n) is 2.91. The van der Waals surface area contributed by atoms with Crippen molar-refractivity contribution < 1.29 is 4.79 Å². The number of carbonyl (C=O) groups excluding carboxylic acids is 1. The molecule has 1 aromatic carbocycles. The molecule has 2 N–H and O–H groups in total. The molecule has 3 heterocycles. The SMILES string of the molecule is CC(C)c1cc(NC(=O)c2cc(-c3ccncc3)nc3ccccc23)n[nH]1. The van der Waals surface area contributed by atoms with Gasteiger partial charge in [-0.25, -0.2) is 4.98 Å². The van der Waals surface area contributed by atoms with Crippen LogP contribution in [0.2, 0.25) is 0 Å². The van der Waals surface area contributed by atoms with Crippen molar-refractivity contribution in [1.82, 2.24) is 20.2 Å². The summed E-state index contributed by atoms with van der Waals surface area (Å²) in [6.45, 7) is 4.13. The summed E-state index contributed by atoms with van der Waals surface area (Å²) in [6, 6.07) is 15.0. The zero-order chi connectivity index (χ0) is 18.8. The van der Waals surface area contributed by atoms with E-state index in [2.05, 4.69) is 34.3 Å². The third-order valence-electron chi connectivity index (χ3n) is 4.40. The van der Waals surface area contributed by atoms with Crippen molar-refractivity contribution in [2.75, 3.05) is 5.32 Å². The maximum atomic E-state index is 13.0. The van der Waals surface area contributed by atoms with E-state index >= 15 is 0 Å². The van der Waals surface area contributed by atoms with Gasteiger partial charge in [-0.15, -0.1) is 0 Å². The predicted molar refractivity (Wildman–Crippen MR) is 106 cm³/mol. The first kappa shape index (κ1) is 16.9. The standard InChI is InChI=1S/C21H19N5O/c1-13(2)18-12-20(26-25-18)24-21(27)16-11-19(14-7-9-22-10-8-14)23-17-6-4-3-5-15(16)17/h3-13H,1-2H3,(H2,24,25,26,27). The topological polar surface area (TPSA) is 83.6 Å². The van der Waals surface area contributed by atoms with Crippen molar-refractivity contribution in [3.63, 3.8) is 0 Å². The molecular weight excluding hydrogens is 338 g/mol. The Morgan fingerprint density at radius 1 is 1.07 bits per heavy atom. The summed E-state index contributed by atoms with van der Waals surface area (Å²) in [6.07, 6.45) is 3.42. The van der Waals surface area contributed by atoms with E-state index in [-0.39, 0.29) is 5.91 Å². The maximum absolute atomic E-state index is 13.0. The van der Waals surface area contributed by atoms with Crippen molar-refractivity contribution in [1.29, 1.82) is 0 Å². The number of anilines is 1. The van der Waals surface area contributed by atoms with E-state index in [1.54, 1.807) is 12.4 Å². The zero-order valence-electron chi connectivity index (χ0n) is 15.1. The zero-order valence-corrected chi connectivity index (χ0v) is 15.1. The smallest absolute Gasteiger partial charge is 0.257 e. The molecule has 0 aliphatic rings. The van der Waals surface area contributed by atoms with Crippen LogP contribution in [0.1, 0.15) is 35.8 Å². The van der Waals surface area contributed by atoms with Gasteiger partial charge in [0.15, 0.2) is 5.82 Å². The summed E-state index contributed by atoms with van der Waals surface area (Å²) in [4.78, 5) is 21.7. The van der Waals surface area contributed by atoms with E-state index in [9.17, 15) is 4.79 Å². The highest BCUT2D eigenvalue weighted by atomic mass is 16.1. The molecule has 6 nitrogen and oxygen atoms in total. The summed E-state index contributed by atoms with van der Waals surface area (Å²) in [5, 5.41) is 10.8. The van der Waals surface area contributed by atoms with Gasteiger partial charge in [0.05, 0.1) is 16.8 Å². The molecule has 1 amide bonds. The van der Waals surface area contributed by atoms with E-state index < -0.39 is 0 Å². The second-order valence-electron chi connectivity index (χ2n) is 6.63. The van der Waals surface area contributed by atoms with Crippen LogP contribution in [-0.4, -0.2) is 26.1 Å². The number of nitrogens with one attached hydrogen (secondary N) is 2. The number of aromatic amines is 1. The molecule has 4 rings (SSSR count). The van der Waals surface area contributed by atoms with E-state index in [0.717, 1.165) is 27.9 Å². The average molecular weight is 357 g/mol. The van der Waals surface area contributed by atoms with Gasteiger partial charge in [0, 0.05) is 35.1 Å². The molecule has 6 heteroatoms. The Hall–Kier alpha value is -3.54. The second-order valence-corrected chi connectivity index (χ2v) is 6.63. The number of fused-ring (bicyclic) bond motifs is 1. The Bertz CT molecular complexity index is 1100. The fraction of sp³-hybridized carbons (Fsp3) is 0.143. The summed E-state index contributed by atoms with van der Waals surface area (Å²) < 4.78 is 0. The van der Waals surface area contributed by atoms with Gasteiger partial charge in [-0.3, -0.25) is 14.9 Å². The van der Waals surface area contributed by atoms with Crippen molar-refractivity contribution in [2.45, 2.75) is 19.8 Å². The van der Waals surface area contributed by atoms with Gasteiger partial charge in [0.2, 0.25) is 0 Å². The summed E-state index contributed by atoms with van der Waals surface area (Å²) in [7, 11) is 0. The number of rotatable bonds is 4. The minimum Gasteiger partial charge on any atom is -0.305 e. The quantitative estimate of drug-likeness (QED) is 0.567. The fourth-order valence-corrected chi connectivity index (χ4v) is 2.91. The number of benzene rings is 1. The minimum absolute atomic E-state index is 0.217. The normalized spacial score (nSPS) is 11.1. The number of para-hydroxylation sites is 1. The van der Waals surface area contributed by atoms with Crippen LogP contribution in [0.4, 0.5) is 5.82 Å². The lowest BCUT2D eigenvalue weighted by molar-refractivity contribution is 0.102. The molecule has 0 atom stereocenters. The minimum atomic E-state index is -0.217. The van der Waals surface area contributed by atoms with Gasteiger partial charge < -0.3 is 5.32 Å². The van der Waals surface area contributed by atoms with Gasteiger partial charge in [-0.1, -0.05) is 32.0 Å². The summed E-state index contributed by atoms with van der Waals surface area (Å²) in [5.74, 6) is 0.601.